The van der Waals surface area contributed by atoms with Gasteiger partial charge in [0.25, 0.3) is 0 Å². The number of aromatic carboxylic acids is 2. The molecule has 0 amide bonds. The number of hydrogen-bond donors (Lipinski definition) is 2. The van der Waals surface area contributed by atoms with E-state index in [9.17, 15) is 9.59 Å². The summed E-state index contributed by atoms with van der Waals surface area (Å²) in [4.78, 5) is 21.1. The molecule has 4 nitrogen and oxygen atoms in total. The molecule has 0 saturated heterocycles. The molecule has 2 N–H and O–H groups in total. The Hall–Kier alpha value is -1.75. The number of carbonyl (C=O) groups is 2. The van der Waals surface area contributed by atoms with Crippen molar-refractivity contribution in [1.29, 1.82) is 0 Å². The summed E-state index contributed by atoms with van der Waals surface area (Å²) in [7, 11) is 0. The first kappa shape index (κ1) is 14.3. The average Bonchev–Trinajstić information content (AvgIpc) is 2.87. The molecule has 96 valence electrons. The maximum atomic E-state index is 10.6. The Kier molecular flexibility index (Phi) is 5.45. The normalized spacial score (nSPS) is 12.7. The maximum absolute atomic E-state index is 10.6. The van der Waals surface area contributed by atoms with E-state index in [0.717, 1.165) is 6.07 Å². The van der Waals surface area contributed by atoms with Crippen molar-refractivity contribution < 1.29 is 19.8 Å². The van der Waals surface area contributed by atoms with Crippen LogP contribution in [0.5, 0.6) is 0 Å². The van der Waals surface area contributed by atoms with Gasteiger partial charge in [0.05, 0.1) is 11.1 Å². The maximum Gasteiger partial charge on any atom is 0.335 e. The van der Waals surface area contributed by atoms with Gasteiger partial charge in [-0.25, -0.2) is 9.59 Å². The van der Waals surface area contributed by atoms with E-state index in [4.69, 9.17) is 10.2 Å². The molecule has 0 aromatic heterocycles. The molecular formula is C13H14O4S. The molecule has 1 heterocycles. The van der Waals surface area contributed by atoms with Gasteiger partial charge in [0.15, 0.2) is 0 Å². The Labute approximate surface area is 109 Å². The van der Waals surface area contributed by atoms with Gasteiger partial charge in [-0.3, -0.25) is 0 Å². The van der Waals surface area contributed by atoms with Crippen molar-refractivity contribution in [3.63, 3.8) is 0 Å². The van der Waals surface area contributed by atoms with Crippen LogP contribution in [0, 0.1) is 6.92 Å². The SMILES string of the molecule is C1=CSCC1.Cc1ccc(C(=O)O)cc1C(=O)O. The Balaban J connectivity index is 0.000000269. The third-order valence-electron chi connectivity index (χ3n) is 2.31. The predicted molar refractivity (Wildman–Crippen MR) is 71.3 cm³/mol. The number of allylic oxidation sites excluding steroid dienone is 1. The molecule has 1 aromatic carbocycles. The van der Waals surface area contributed by atoms with Gasteiger partial charge in [-0.05, 0) is 36.4 Å². The zero-order valence-corrected chi connectivity index (χ0v) is 10.7. The van der Waals surface area contributed by atoms with Crippen LogP contribution in [0.4, 0.5) is 0 Å². The minimum absolute atomic E-state index is 0.0111. The fourth-order valence-corrected chi connectivity index (χ4v) is 2.01. The van der Waals surface area contributed by atoms with Crippen LogP contribution >= 0.6 is 11.8 Å². The number of carboxylic acids is 2. The van der Waals surface area contributed by atoms with Crippen molar-refractivity contribution in [3.8, 4) is 0 Å². The molecule has 18 heavy (non-hydrogen) atoms. The second kappa shape index (κ2) is 6.86. The Morgan fingerprint density at radius 2 is 1.94 bits per heavy atom. The zero-order valence-electron chi connectivity index (χ0n) is 9.92. The molecule has 2 rings (SSSR count). The highest BCUT2D eigenvalue weighted by Crippen LogP contribution is 2.12. The van der Waals surface area contributed by atoms with Gasteiger partial charge in [0.1, 0.15) is 0 Å². The molecule has 0 saturated carbocycles. The number of thioether (sulfide) groups is 1. The van der Waals surface area contributed by atoms with Crippen molar-refractivity contribution in [1.82, 2.24) is 0 Å². The molecule has 1 aromatic rings. The van der Waals surface area contributed by atoms with Crippen LogP contribution in [0.15, 0.2) is 29.7 Å². The molecule has 0 fully saturated rings. The third kappa shape index (κ3) is 4.25. The van der Waals surface area contributed by atoms with Gasteiger partial charge in [-0.2, -0.15) is 0 Å². The quantitative estimate of drug-likeness (QED) is 0.860. The molecule has 0 radical (unpaired) electrons. The van der Waals surface area contributed by atoms with Crippen LogP contribution in [0.3, 0.4) is 0 Å². The summed E-state index contributed by atoms with van der Waals surface area (Å²) in [6.45, 7) is 1.62. The van der Waals surface area contributed by atoms with E-state index in [-0.39, 0.29) is 11.1 Å². The molecule has 0 spiro atoms. The Morgan fingerprint density at radius 3 is 2.33 bits per heavy atom. The molecule has 0 unspecified atom stereocenters. The zero-order chi connectivity index (χ0) is 13.5. The summed E-state index contributed by atoms with van der Waals surface area (Å²) in [5, 5.41) is 19.4. The Bertz CT molecular complexity index is 474. The van der Waals surface area contributed by atoms with Crippen LogP contribution in [0.1, 0.15) is 32.7 Å². The highest BCUT2D eigenvalue weighted by atomic mass is 32.2. The van der Waals surface area contributed by atoms with Crippen molar-refractivity contribution in [2.75, 3.05) is 5.75 Å². The van der Waals surface area contributed by atoms with Gasteiger partial charge < -0.3 is 10.2 Å². The minimum atomic E-state index is -1.12. The first-order valence-corrected chi connectivity index (χ1v) is 6.41. The van der Waals surface area contributed by atoms with E-state index >= 15 is 0 Å². The summed E-state index contributed by atoms with van der Waals surface area (Å²) < 4.78 is 0. The summed E-state index contributed by atoms with van der Waals surface area (Å²) >= 11 is 1.89. The first-order chi connectivity index (χ1) is 8.52. The molecule has 0 bridgehead atoms. The number of hydrogen-bond acceptors (Lipinski definition) is 3. The van der Waals surface area contributed by atoms with E-state index in [1.54, 1.807) is 6.92 Å². The van der Waals surface area contributed by atoms with E-state index in [1.807, 2.05) is 11.8 Å². The smallest absolute Gasteiger partial charge is 0.335 e. The molecule has 0 aliphatic carbocycles. The van der Waals surface area contributed by atoms with Crippen LogP contribution in [0.2, 0.25) is 0 Å². The van der Waals surface area contributed by atoms with Crippen molar-refractivity contribution >= 4 is 23.7 Å². The summed E-state index contributed by atoms with van der Waals surface area (Å²) in [5.74, 6) is -0.928. The van der Waals surface area contributed by atoms with Crippen molar-refractivity contribution in [3.05, 3.63) is 46.4 Å². The Morgan fingerprint density at radius 1 is 1.22 bits per heavy atom. The second-order valence-electron chi connectivity index (χ2n) is 3.67. The van der Waals surface area contributed by atoms with Gasteiger partial charge >= 0.3 is 11.9 Å². The van der Waals surface area contributed by atoms with Crippen molar-refractivity contribution in [2.24, 2.45) is 0 Å². The lowest BCUT2D eigenvalue weighted by molar-refractivity contribution is 0.0695. The van der Waals surface area contributed by atoms with Gasteiger partial charge in [0, 0.05) is 5.75 Å². The van der Waals surface area contributed by atoms with Crippen LogP contribution in [0.25, 0.3) is 0 Å². The van der Waals surface area contributed by atoms with E-state index in [2.05, 4.69) is 11.5 Å². The van der Waals surface area contributed by atoms with Gasteiger partial charge in [-0.15, -0.1) is 11.8 Å². The third-order valence-corrected chi connectivity index (χ3v) is 3.17. The molecule has 1 aliphatic heterocycles. The summed E-state index contributed by atoms with van der Waals surface area (Å²) in [6.07, 6.45) is 3.48. The lowest BCUT2D eigenvalue weighted by Gasteiger charge is -2.01. The highest BCUT2D eigenvalue weighted by Gasteiger charge is 2.10. The van der Waals surface area contributed by atoms with E-state index < -0.39 is 11.9 Å². The summed E-state index contributed by atoms with van der Waals surface area (Å²) in [5.41, 5.74) is 0.570. The monoisotopic (exact) mass is 266 g/mol. The summed E-state index contributed by atoms with van der Waals surface area (Å²) in [6, 6.07) is 4.01. The molecule has 5 heteroatoms. The van der Waals surface area contributed by atoms with Gasteiger partial charge in [-0.1, -0.05) is 12.1 Å². The minimum Gasteiger partial charge on any atom is -0.478 e. The predicted octanol–water partition coefficient (Wildman–Crippen LogP) is 3.03. The molecule has 0 atom stereocenters. The van der Waals surface area contributed by atoms with E-state index in [1.165, 1.54) is 24.3 Å². The van der Waals surface area contributed by atoms with Crippen LogP contribution in [-0.2, 0) is 0 Å². The lowest BCUT2D eigenvalue weighted by Crippen LogP contribution is -2.03. The molecular weight excluding hydrogens is 252 g/mol. The largest absolute Gasteiger partial charge is 0.478 e. The topological polar surface area (TPSA) is 74.6 Å². The molecule has 1 aliphatic rings. The standard InChI is InChI=1S/C9H8O4.C4H6S/c1-5-2-3-6(8(10)11)4-7(5)9(12)13;1-2-4-5-3-1/h2-4H,1H3,(H,10,11)(H,12,13);1,3H,2,4H2. The number of aryl methyl sites for hydroxylation is 1. The van der Waals surface area contributed by atoms with Crippen molar-refractivity contribution in [2.45, 2.75) is 13.3 Å². The van der Waals surface area contributed by atoms with E-state index in [0.29, 0.717) is 5.56 Å². The fourth-order valence-electron chi connectivity index (χ4n) is 1.33. The fraction of sp³-hybridized carbons (Fsp3) is 0.231. The number of carboxylic acid groups (broad SMARTS) is 2. The average molecular weight is 266 g/mol. The highest BCUT2D eigenvalue weighted by molar-refractivity contribution is 8.02. The second-order valence-corrected chi connectivity index (χ2v) is 4.69. The first-order valence-electron chi connectivity index (χ1n) is 5.36. The lowest BCUT2D eigenvalue weighted by atomic mass is 10.1. The van der Waals surface area contributed by atoms with Gasteiger partial charge in [0.2, 0.25) is 0 Å². The van der Waals surface area contributed by atoms with Crippen LogP contribution < -0.4 is 0 Å². The van der Waals surface area contributed by atoms with Crippen LogP contribution in [-0.4, -0.2) is 27.9 Å². The number of rotatable bonds is 2. The number of benzene rings is 1.